The Morgan fingerprint density at radius 1 is 1.22 bits per heavy atom. The number of ether oxygens (including phenoxy) is 3. The van der Waals surface area contributed by atoms with Gasteiger partial charge < -0.3 is 18.6 Å². The van der Waals surface area contributed by atoms with Gasteiger partial charge in [0.05, 0.1) is 13.3 Å². The molecule has 4 rings (SSSR count). The van der Waals surface area contributed by atoms with Crippen molar-refractivity contribution in [2.75, 3.05) is 20.3 Å². The van der Waals surface area contributed by atoms with Gasteiger partial charge in [0, 0.05) is 16.5 Å². The van der Waals surface area contributed by atoms with Crippen molar-refractivity contribution in [3.05, 3.63) is 53.3 Å². The van der Waals surface area contributed by atoms with E-state index in [1.54, 1.807) is 19.2 Å². The van der Waals surface area contributed by atoms with Gasteiger partial charge in [0.2, 0.25) is 5.75 Å². The third-order valence-corrected chi connectivity index (χ3v) is 4.28. The normalized spacial score (nSPS) is 13.1. The fourth-order valence-corrected chi connectivity index (χ4v) is 2.98. The van der Waals surface area contributed by atoms with Crippen molar-refractivity contribution in [2.24, 2.45) is 5.10 Å². The minimum absolute atomic E-state index is 0.244. The average molecular weight is 366 g/mol. The molecule has 0 fully saturated rings. The second-order valence-corrected chi connectivity index (χ2v) is 6.00. The van der Waals surface area contributed by atoms with E-state index in [1.165, 1.54) is 6.21 Å². The Kier molecular flexibility index (Phi) is 4.42. The van der Waals surface area contributed by atoms with Crippen LogP contribution in [0, 0.1) is 6.92 Å². The highest BCUT2D eigenvalue weighted by Gasteiger charge is 2.19. The van der Waals surface area contributed by atoms with E-state index in [1.807, 2.05) is 31.2 Å². The van der Waals surface area contributed by atoms with Crippen LogP contribution < -0.4 is 19.6 Å². The van der Waals surface area contributed by atoms with Crippen molar-refractivity contribution in [1.82, 2.24) is 5.43 Å². The first-order chi connectivity index (χ1) is 13.2. The highest BCUT2D eigenvalue weighted by molar-refractivity contribution is 5.99. The van der Waals surface area contributed by atoms with Crippen LogP contribution in [0.3, 0.4) is 0 Å². The zero-order valence-electron chi connectivity index (χ0n) is 14.9. The van der Waals surface area contributed by atoms with Gasteiger partial charge >= 0.3 is 5.91 Å². The lowest BCUT2D eigenvalue weighted by atomic mass is 10.1. The van der Waals surface area contributed by atoms with Crippen LogP contribution in [-0.4, -0.2) is 32.4 Å². The summed E-state index contributed by atoms with van der Waals surface area (Å²) in [5.74, 6) is 1.54. The molecule has 7 heteroatoms. The maximum atomic E-state index is 12.4. The molecule has 1 amide bonds. The van der Waals surface area contributed by atoms with E-state index in [-0.39, 0.29) is 5.76 Å². The minimum atomic E-state index is -0.413. The Morgan fingerprint density at radius 3 is 2.85 bits per heavy atom. The number of amides is 1. The number of rotatable bonds is 4. The molecular weight excluding hydrogens is 348 g/mol. The smallest absolute Gasteiger partial charge is 0.307 e. The van der Waals surface area contributed by atoms with E-state index in [9.17, 15) is 4.79 Å². The van der Waals surface area contributed by atoms with Crippen molar-refractivity contribution in [3.63, 3.8) is 0 Å². The monoisotopic (exact) mass is 366 g/mol. The lowest BCUT2D eigenvalue weighted by Crippen LogP contribution is -2.18. The van der Waals surface area contributed by atoms with E-state index in [0.29, 0.717) is 41.6 Å². The summed E-state index contributed by atoms with van der Waals surface area (Å²) in [4.78, 5) is 12.4. The first-order valence-corrected chi connectivity index (χ1v) is 8.46. The van der Waals surface area contributed by atoms with Crippen LogP contribution in [0.1, 0.15) is 21.7 Å². The average Bonchev–Trinajstić information content (AvgIpc) is 3.04. The number of furan rings is 1. The van der Waals surface area contributed by atoms with Crippen LogP contribution in [0.15, 0.2) is 45.9 Å². The summed E-state index contributed by atoms with van der Waals surface area (Å²) in [6.07, 6.45) is 1.51. The zero-order chi connectivity index (χ0) is 18.8. The number of para-hydroxylation sites is 1. The van der Waals surface area contributed by atoms with Crippen LogP contribution in [0.25, 0.3) is 11.0 Å². The summed E-state index contributed by atoms with van der Waals surface area (Å²) in [7, 11) is 1.56. The van der Waals surface area contributed by atoms with Gasteiger partial charge in [-0.25, -0.2) is 5.43 Å². The Hall–Kier alpha value is -3.48. The van der Waals surface area contributed by atoms with Gasteiger partial charge in [-0.3, -0.25) is 4.79 Å². The highest BCUT2D eigenvalue weighted by Crippen LogP contribution is 2.40. The number of carbonyl (C=O) groups excluding carboxylic acids is 1. The fourth-order valence-electron chi connectivity index (χ4n) is 2.98. The number of benzene rings is 2. The molecule has 3 aromatic rings. The first-order valence-electron chi connectivity index (χ1n) is 8.46. The second-order valence-electron chi connectivity index (χ2n) is 6.00. The summed E-state index contributed by atoms with van der Waals surface area (Å²) in [5.41, 5.74) is 4.64. The SMILES string of the molecule is COc1cc(/C=N\NC(=O)c2oc3ccccc3c2C)cc2c1OCCO2. The van der Waals surface area contributed by atoms with Crippen LogP contribution >= 0.6 is 0 Å². The lowest BCUT2D eigenvalue weighted by molar-refractivity contribution is 0.0929. The molecule has 7 nitrogen and oxygen atoms in total. The predicted molar refractivity (Wildman–Crippen MR) is 100.0 cm³/mol. The molecule has 0 bridgehead atoms. The molecule has 0 aliphatic carbocycles. The lowest BCUT2D eigenvalue weighted by Gasteiger charge is -2.20. The van der Waals surface area contributed by atoms with E-state index in [4.69, 9.17) is 18.6 Å². The number of aryl methyl sites for hydroxylation is 1. The quantitative estimate of drug-likeness (QED) is 0.566. The van der Waals surface area contributed by atoms with E-state index >= 15 is 0 Å². The maximum Gasteiger partial charge on any atom is 0.307 e. The fraction of sp³-hybridized carbons (Fsp3) is 0.200. The summed E-state index contributed by atoms with van der Waals surface area (Å²) in [6.45, 7) is 2.79. The largest absolute Gasteiger partial charge is 0.493 e. The summed E-state index contributed by atoms with van der Waals surface area (Å²) in [6, 6.07) is 11.0. The molecule has 0 radical (unpaired) electrons. The van der Waals surface area contributed by atoms with Gasteiger partial charge in [0.25, 0.3) is 0 Å². The molecule has 0 saturated carbocycles. The second kappa shape index (κ2) is 7.03. The number of carbonyl (C=O) groups is 1. The Labute approximate surface area is 155 Å². The van der Waals surface area contributed by atoms with Crippen molar-refractivity contribution in [3.8, 4) is 17.2 Å². The summed E-state index contributed by atoms with van der Waals surface area (Å²) < 4.78 is 22.1. The predicted octanol–water partition coefficient (Wildman–Crippen LogP) is 3.28. The third-order valence-electron chi connectivity index (χ3n) is 4.28. The molecular formula is C20H18N2O5. The van der Waals surface area contributed by atoms with Crippen molar-refractivity contribution in [2.45, 2.75) is 6.92 Å². The van der Waals surface area contributed by atoms with E-state index in [2.05, 4.69) is 10.5 Å². The first kappa shape index (κ1) is 17.0. The molecule has 2 aromatic carbocycles. The number of hydrazone groups is 1. The molecule has 1 aliphatic heterocycles. The number of nitrogens with one attached hydrogen (secondary N) is 1. The molecule has 0 unspecified atom stereocenters. The Bertz CT molecular complexity index is 1020. The van der Waals surface area contributed by atoms with Gasteiger partial charge in [-0.1, -0.05) is 18.2 Å². The molecule has 0 saturated heterocycles. The van der Waals surface area contributed by atoms with E-state index in [0.717, 1.165) is 10.9 Å². The van der Waals surface area contributed by atoms with Crippen molar-refractivity contribution in [1.29, 1.82) is 0 Å². The summed E-state index contributed by atoms with van der Waals surface area (Å²) in [5, 5.41) is 4.92. The summed E-state index contributed by atoms with van der Waals surface area (Å²) >= 11 is 0. The standard InChI is InChI=1S/C20H18N2O5/c1-12-14-5-3-4-6-15(14)27-18(12)20(23)22-21-11-13-9-16(24-2)19-17(10-13)25-7-8-26-19/h3-6,9-11H,7-8H2,1-2H3,(H,22,23)/b21-11-. The number of methoxy groups -OCH3 is 1. The van der Waals surface area contributed by atoms with Crippen LogP contribution in [0.4, 0.5) is 0 Å². The Balaban J connectivity index is 1.53. The van der Waals surface area contributed by atoms with Gasteiger partial charge in [-0.2, -0.15) is 5.10 Å². The third kappa shape index (κ3) is 3.19. The Morgan fingerprint density at radius 2 is 2.04 bits per heavy atom. The van der Waals surface area contributed by atoms with E-state index < -0.39 is 5.91 Å². The molecule has 1 aromatic heterocycles. The highest BCUT2D eigenvalue weighted by atomic mass is 16.6. The topological polar surface area (TPSA) is 82.3 Å². The number of hydrogen-bond donors (Lipinski definition) is 1. The van der Waals surface area contributed by atoms with Crippen LogP contribution in [-0.2, 0) is 0 Å². The van der Waals surface area contributed by atoms with Crippen LogP contribution in [0.5, 0.6) is 17.2 Å². The minimum Gasteiger partial charge on any atom is -0.493 e. The molecule has 27 heavy (non-hydrogen) atoms. The molecule has 1 N–H and O–H groups in total. The van der Waals surface area contributed by atoms with Crippen LogP contribution in [0.2, 0.25) is 0 Å². The number of hydrogen-bond acceptors (Lipinski definition) is 6. The number of fused-ring (bicyclic) bond motifs is 2. The van der Waals surface area contributed by atoms with Gasteiger partial charge in [0.1, 0.15) is 18.8 Å². The zero-order valence-corrected chi connectivity index (χ0v) is 14.9. The molecule has 2 heterocycles. The van der Waals surface area contributed by atoms with Crippen molar-refractivity contribution >= 4 is 23.1 Å². The van der Waals surface area contributed by atoms with Gasteiger partial charge in [-0.15, -0.1) is 0 Å². The molecule has 138 valence electrons. The van der Waals surface area contributed by atoms with Gasteiger partial charge in [0.15, 0.2) is 17.3 Å². The number of nitrogens with zero attached hydrogens (tertiary/aromatic N) is 1. The molecule has 0 atom stereocenters. The molecule has 1 aliphatic rings. The van der Waals surface area contributed by atoms with Crippen molar-refractivity contribution < 1.29 is 23.4 Å². The molecule has 0 spiro atoms. The maximum absolute atomic E-state index is 12.4. The van der Waals surface area contributed by atoms with Gasteiger partial charge in [-0.05, 0) is 25.1 Å².